The average Bonchev–Trinajstić information content (AvgIpc) is 3.75. The minimum atomic E-state index is -3.88. The number of urea groups is 1. The molecule has 15 nitrogen and oxygen atoms in total. The molecule has 0 saturated carbocycles. The lowest BCUT2D eigenvalue weighted by atomic mass is 10.1. The van der Waals surface area contributed by atoms with Crippen molar-refractivity contribution in [1.82, 2.24) is 19.8 Å². The first-order valence-corrected chi connectivity index (χ1v) is 18.1. The van der Waals surface area contributed by atoms with Gasteiger partial charge in [-0.05, 0) is 63.8 Å². The lowest BCUT2D eigenvalue weighted by molar-refractivity contribution is -1.01. The molecule has 0 fully saturated rings. The van der Waals surface area contributed by atoms with Gasteiger partial charge in [0.25, 0.3) is 0 Å². The summed E-state index contributed by atoms with van der Waals surface area (Å²) < 4.78 is 33.2. The molecule has 2 aromatic heterocycles. The summed E-state index contributed by atoms with van der Waals surface area (Å²) in [5.74, 6) is 0.552. The summed E-state index contributed by atoms with van der Waals surface area (Å²) >= 11 is 0. The van der Waals surface area contributed by atoms with E-state index in [1.165, 1.54) is 35.9 Å². The van der Waals surface area contributed by atoms with E-state index in [2.05, 4.69) is 79.8 Å². The van der Waals surface area contributed by atoms with Crippen LogP contribution >= 0.6 is 0 Å². The number of amides is 3. The highest BCUT2D eigenvalue weighted by atomic mass is 32.2. The van der Waals surface area contributed by atoms with E-state index in [0.29, 0.717) is 24.9 Å². The number of carboxylic acids is 1. The molecular weight excluding hydrogens is 638 g/mol. The number of sulfonamides is 1. The second-order valence-corrected chi connectivity index (χ2v) is 14.4. The van der Waals surface area contributed by atoms with E-state index in [4.69, 9.17) is 5.14 Å². The summed E-state index contributed by atoms with van der Waals surface area (Å²) in [6.07, 6.45) is 11.1. The fourth-order valence-electron chi connectivity index (χ4n) is 7.33. The molecule has 6 N–H and O–H groups in total. The average molecular weight is 687 g/mol. The number of fused-ring (bicyclic) bond motifs is 5. The molecule has 1 aromatic carbocycles. The molecule has 48 heavy (non-hydrogen) atoms. The summed E-state index contributed by atoms with van der Waals surface area (Å²) in [5.41, 5.74) is 0.326. The van der Waals surface area contributed by atoms with Crippen LogP contribution in [0.3, 0.4) is 0 Å². The van der Waals surface area contributed by atoms with Gasteiger partial charge in [-0.15, -0.1) is 9.13 Å². The van der Waals surface area contributed by atoms with Gasteiger partial charge in [0.2, 0.25) is 15.9 Å². The number of carboxylic acid groups (broad SMARTS) is 1. The first-order chi connectivity index (χ1) is 22.8. The van der Waals surface area contributed by atoms with Crippen molar-refractivity contribution in [3.05, 3.63) is 60.7 Å². The maximum absolute atomic E-state index is 13.0. The molecule has 0 spiro atoms. The number of nitrogens with two attached hydrogens (primary N) is 1. The van der Waals surface area contributed by atoms with Crippen LogP contribution in [0, 0.1) is 0 Å². The van der Waals surface area contributed by atoms with E-state index in [1.807, 2.05) is 6.92 Å². The molecule has 16 heteroatoms. The number of quaternary nitrogens is 1. The SMILES string of the molecule is CCCC(NC(=O)NC(CCCC[N+]12Cc3n(cc[n+]3CC)C1(C)n1cc[n+](CC)c1C2)C(=O)O)C(=O)Nc1ccc(S(N)(=O)=O)cc1. The van der Waals surface area contributed by atoms with Crippen molar-refractivity contribution in [3.63, 3.8) is 0 Å². The second kappa shape index (κ2) is 13.7. The number of aliphatic carboxylic acids is 1. The predicted molar refractivity (Wildman–Crippen MR) is 174 cm³/mol. The van der Waals surface area contributed by atoms with Crippen LogP contribution in [0.4, 0.5) is 10.5 Å². The fourth-order valence-corrected chi connectivity index (χ4v) is 7.85. The number of nitrogens with one attached hydrogen (secondary N) is 3. The van der Waals surface area contributed by atoms with Gasteiger partial charge in [0.05, 0.1) is 31.5 Å². The van der Waals surface area contributed by atoms with Crippen LogP contribution in [0.15, 0.2) is 53.9 Å². The summed E-state index contributed by atoms with van der Waals surface area (Å²) in [6.45, 7) is 12.8. The summed E-state index contributed by atoms with van der Waals surface area (Å²) in [6, 6.07) is 2.53. The summed E-state index contributed by atoms with van der Waals surface area (Å²) in [7, 11) is -3.88. The van der Waals surface area contributed by atoms with Gasteiger partial charge in [-0.25, -0.2) is 36.8 Å². The zero-order chi connectivity index (χ0) is 34.9. The van der Waals surface area contributed by atoms with Crippen LogP contribution in [0.2, 0.25) is 0 Å². The third-order valence-corrected chi connectivity index (χ3v) is 10.9. The van der Waals surface area contributed by atoms with Crippen LogP contribution in [0.25, 0.3) is 0 Å². The Labute approximate surface area is 281 Å². The Morgan fingerprint density at radius 1 is 0.938 bits per heavy atom. The van der Waals surface area contributed by atoms with E-state index in [0.717, 1.165) is 43.6 Å². The van der Waals surface area contributed by atoms with Gasteiger partial charge >= 0.3 is 29.4 Å². The highest BCUT2D eigenvalue weighted by Crippen LogP contribution is 2.47. The first kappa shape index (κ1) is 35.0. The number of imidazole rings is 2. The van der Waals surface area contributed by atoms with Crippen LogP contribution in [0.1, 0.15) is 71.4 Å². The van der Waals surface area contributed by atoms with Gasteiger partial charge in [0, 0.05) is 5.69 Å². The smallest absolute Gasteiger partial charge is 0.386 e. The van der Waals surface area contributed by atoms with Gasteiger partial charge in [-0.2, -0.15) is 0 Å². The first-order valence-electron chi connectivity index (χ1n) is 16.6. The fraction of sp³-hybridized carbons (Fsp3) is 0.531. The van der Waals surface area contributed by atoms with E-state index in [9.17, 15) is 27.9 Å². The molecule has 2 atom stereocenters. The third-order valence-electron chi connectivity index (χ3n) is 9.97. The molecule has 2 aliphatic heterocycles. The number of carbonyl (C=O) groups excluding carboxylic acids is 2. The van der Waals surface area contributed by atoms with Crippen LogP contribution in [-0.2, 0) is 51.6 Å². The molecule has 0 radical (unpaired) electrons. The molecule has 3 aromatic rings. The number of benzene rings is 1. The summed E-state index contributed by atoms with van der Waals surface area (Å²) in [5, 5.41) is 22.9. The Morgan fingerprint density at radius 3 is 2.00 bits per heavy atom. The van der Waals surface area contributed by atoms with Crippen molar-refractivity contribution in [2.24, 2.45) is 5.14 Å². The molecule has 4 heterocycles. The maximum atomic E-state index is 13.0. The Balaban J connectivity index is 1.19. The van der Waals surface area contributed by atoms with Gasteiger partial charge in [-0.3, -0.25) is 4.79 Å². The highest BCUT2D eigenvalue weighted by molar-refractivity contribution is 7.89. The Morgan fingerprint density at radius 2 is 1.50 bits per heavy atom. The number of aryl methyl sites for hydroxylation is 2. The molecule has 260 valence electrons. The van der Waals surface area contributed by atoms with E-state index >= 15 is 0 Å². The van der Waals surface area contributed by atoms with Crippen LogP contribution in [0.5, 0.6) is 0 Å². The lowest BCUT2D eigenvalue weighted by Gasteiger charge is -2.35. The molecule has 0 aliphatic carbocycles. The van der Waals surface area contributed by atoms with Gasteiger partial charge < -0.3 is 21.1 Å². The van der Waals surface area contributed by atoms with E-state index in [1.54, 1.807) is 0 Å². The number of nitrogens with zero attached hydrogens (tertiary/aromatic N) is 5. The minimum Gasteiger partial charge on any atom is -0.480 e. The van der Waals surface area contributed by atoms with Crippen LogP contribution in [-0.4, -0.2) is 63.7 Å². The monoisotopic (exact) mass is 686 g/mol. The molecule has 0 bridgehead atoms. The largest absolute Gasteiger partial charge is 0.480 e. The van der Waals surface area contributed by atoms with Crippen molar-refractivity contribution in [1.29, 1.82) is 0 Å². The lowest BCUT2D eigenvalue weighted by Crippen LogP contribution is -2.57. The quantitative estimate of drug-likeness (QED) is 0.0912. The Hall–Kier alpha value is -4.28. The third kappa shape index (κ3) is 6.43. The van der Waals surface area contributed by atoms with E-state index in [-0.39, 0.29) is 17.1 Å². The maximum Gasteiger partial charge on any atom is 0.386 e. The van der Waals surface area contributed by atoms with Gasteiger partial charge in [0.15, 0.2) is 13.1 Å². The van der Waals surface area contributed by atoms with E-state index < -0.39 is 40.0 Å². The zero-order valence-electron chi connectivity index (χ0n) is 28.1. The minimum absolute atomic E-state index is 0.0963. The number of rotatable bonds is 15. The van der Waals surface area contributed by atoms with Gasteiger partial charge in [0.1, 0.15) is 36.9 Å². The van der Waals surface area contributed by atoms with Crippen molar-refractivity contribution in [3.8, 4) is 0 Å². The molecule has 0 saturated heterocycles. The molecule has 2 aliphatic rings. The number of anilines is 1. The highest BCUT2D eigenvalue weighted by Gasteiger charge is 2.71. The number of carbonyl (C=O) groups is 3. The van der Waals surface area contributed by atoms with Crippen molar-refractivity contribution in [2.45, 2.75) is 109 Å². The number of hydrogen-bond donors (Lipinski definition) is 5. The summed E-state index contributed by atoms with van der Waals surface area (Å²) in [4.78, 5) is 38.0. The molecule has 5 rings (SSSR count). The Kier molecular flexibility index (Phi) is 9.99. The second-order valence-electron chi connectivity index (χ2n) is 12.8. The number of primary sulfonamides is 1. The molecular formula is C32H48N9O6S+3. The Bertz CT molecular complexity index is 1730. The zero-order valence-corrected chi connectivity index (χ0v) is 28.9. The number of unbranched alkanes of at least 4 members (excludes halogenated alkanes) is 1. The molecule has 3 amide bonds. The standard InChI is InChI=1S/C32H45N9O6S/c1-5-10-25(29(42)34-23-12-14-24(15-13-23)48(33,46)47)35-31(45)36-26(30(43)44)11-8-9-20-41-21-27-37(6-2)16-18-39(27)32(41,4)40-19-17-38(7-3)28(40)22-41/h12-19,25-26H,5-11,20-22H2,1-4H3,(H3-3,33,34,35,36,42,43,44,45,46,47)/p+3. The van der Waals surface area contributed by atoms with Gasteiger partial charge in [-0.1, -0.05) is 13.3 Å². The normalized spacial score (nSPS) is 20.8. The number of aromatic nitrogens is 4. The predicted octanol–water partition coefficient (Wildman–Crippen LogP) is 1.30. The van der Waals surface area contributed by atoms with Crippen molar-refractivity contribution < 1.29 is 41.5 Å². The van der Waals surface area contributed by atoms with Crippen molar-refractivity contribution >= 4 is 33.6 Å². The molecule has 2 unspecified atom stereocenters. The van der Waals surface area contributed by atoms with Crippen molar-refractivity contribution in [2.75, 3.05) is 11.9 Å². The number of hydrogen-bond acceptors (Lipinski definition) is 5. The van der Waals surface area contributed by atoms with Crippen LogP contribution < -0.4 is 30.2 Å². The topological polar surface area (TPSA) is 185 Å².